The van der Waals surface area contributed by atoms with Crippen LogP contribution in [0.2, 0.25) is 0 Å². The number of rotatable bonds is 6. The van der Waals surface area contributed by atoms with Gasteiger partial charge >= 0.3 is 0 Å². The molecule has 0 spiro atoms. The number of nitrogens with one attached hydrogen (secondary N) is 1. The topological polar surface area (TPSA) is 88.6 Å². The summed E-state index contributed by atoms with van der Waals surface area (Å²) in [6, 6.07) is 8.52. The number of benzene rings is 1. The van der Waals surface area contributed by atoms with Crippen molar-refractivity contribution in [2.24, 2.45) is 5.92 Å². The molecule has 2 heterocycles. The van der Waals surface area contributed by atoms with E-state index in [4.69, 9.17) is 4.74 Å². The Hall–Kier alpha value is -2.45. The van der Waals surface area contributed by atoms with Gasteiger partial charge < -0.3 is 10.1 Å². The molecule has 7 nitrogen and oxygen atoms in total. The van der Waals surface area contributed by atoms with Crippen LogP contribution in [-0.2, 0) is 21.4 Å². The Kier molecular flexibility index (Phi) is 6.31. The lowest BCUT2D eigenvalue weighted by Crippen LogP contribution is -2.45. The Labute approximate surface area is 165 Å². The van der Waals surface area contributed by atoms with E-state index in [-0.39, 0.29) is 23.3 Å². The molecule has 0 radical (unpaired) electrons. The van der Waals surface area contributed by atoms with Crippen molar-refractivity contribution in [3.8, 4) is 5.75 Å². The van der Waals surface area contributed by atoms with E-state index >= 15 is 0 Å². The molecular weight excluding hydrogens is 378 g/mol. The molecule has 0 unspecified atom stereocenters. The number of methoxy groups -OCH3 is 1. The zero-order chi connectivity index (χ0) is 20.1. The third-order valence-corrected chi connectivity index (χ3v) is 6.81. The zero-order valence-corrected chi connectivity index (χ0v) is 16.9. The summed E-state index contributed by atoms with van der Waals surface area (Å²) in [5.74, 6) is 0.152. The molecule has 3 rings (SSSR count). The Morgan fingerprint density at radius 2 is 2.18 bits per heavy atom. The van der Waals surface area contributed by atoms with E-state index in [9.17, 15) is 13.2 Å². The first kappa shape index (κ1) is 20.3. The molecule has 2 aromatic rings. The van der Waals surface area contributed by atoms with Gasteiger partial charge in [0.05, 0.1) is 17.9 Å². The summed E-state index contributed by atoms with van der Waals surface area (Å²) < 4.78 is 32.7. The highest BCUT2D eigenvalue weighted by molar-refractivity contribution is 7.89. The van der Waals surface area contributed by atoms with E-state index in [1.807, 2.05) is 19.1 Å². The largest absolute Gasteiger partial charge is 0.496 e. The van der Waals surface area contributed by atoms with Crippen molar-refractivity contribution >= 4 is 15.9 Å². The van der Waals surface area contributed by atoms with Crippen LogP contribution in [-0.4, -0.2) is 43.8 Å². The molecule has 0 aliphatic carbocycles. The lowest BCUT2D eigenvalue weighted by Gasteiger charge is -2.31. The number of hydrogen-bond acceptors (Lipinski definition) is 5. The Bertz CT molecular complexity index is 932. The van der Waals surface area contributed by atoms with Crippen LogP contribution in [0.15, 0.2) is 47.6 Å². The zero-order valence-electron chi connectivity index (χ0n) is 16.1. The second-order valence-corrected chi connectivity index (χ2v) is 8.85. The molecule has 1 N–H and O–H groups in total. The molecule has 150 valence electrons. The van der Waals surface area contributed by atoms with E-state index in [1.54, 1.807) is 37.7 Å². The fraction of sp³-hybridized carbons (Fsp3) is 0.400. The maximum atomic E-state index is 13.0. The fourth-order valence-electron chi connectivity index (χ4n) is 3.37. The van der Waals surface area contributed by atoms with Crippen LogP contribution < -0.4 is 10.1 Å². The third-order valence-electron chi connectivity index (χ3n) is 4.95. The molecule has 1 amide bonds. The highest BCUT2D eigenvalue weighted by Gasteiger charge is 2.33. The number of carbonyl (C=O) groups is 1. The lowest BCUT2D eigenvalue weighted by atomic mass is 9.99. The first-order chi connectivity index (χ1) is 13.4. The van der Waals surface area contributed by atoms with Gasteiger partial charge in [0, 0.05) is 32.0 Å². The van der Waals surface area contributed by atoms with Gasteiger partial charge in [-0.15, -0.1) is 0 Å². The average molecular weight is 404 g/mol. The Balaban J connectivity index is 1.68. The molecule has 1 aliphatic heterocycles. The summed E-state index contributed by atoms with van der Waals surface area (Å²) in [7, 11) is -2.10. The van der Waals surface area contributed by atoms with Crippen molar-refractivity contribution in [1.82, 2.24) is 14.6 Å². The second kappa shape index (κ2) is 8.70. The van der Waals surface area contributed by atoms with Crippen LogP contribution in [0, 0.1) is 12.8 Å². The highest BCUT2D eigenvalue weighted by atomic mass is 32.2. The Morgan fingerprint density at radius 3 is 2.86 bits per heavy atom. The van der Waals surface area contributed by atoms with Crippen LogP contribution >= 0.6 is 0 Å². The molecule has 1 aliphatic rings. The van der Waals surface area contributed by atoms with Crippen molar-refractivity contribution in [3.05, 3.63) is 53.9 Å². The maximum absolute atomic E-state index is 13.0. The second-order valence-electron chi connectivity index (χ2n) is 6.91. The lowest BCUT2D eigenvalue weighted by molar-refractivity contribution is -0.126. The summed E-state index contributed by atoms with van der Waals surface area (Å²) in [5.41, 5.74) is 1.66. The average Bonchev–Trinajstić information content (AvgIpc) is 2.72. The van der Waals surface area contributed by atoms with Crippen molar-refractivity contribution in [1.29, 1.82) is 0 Å². The van der Waals surface area contributed by atoms with Gasteiger partial charge in [-0.05, 0) is 55.2 Å². The fourth-order valence-corrected chi connectivity index (χ4v) is 4.98. The summed E-state index contributed by atoms with van der Waals surface area (Å²) in [6.07, 6.45) is 4.70. The van der Waals surface area contributed by atoms with Crippen molar-refractivity contribution < 1.29 is 17.9 Å². The highest BCUT2D eigenvalue weighted by Crippen LogP contribution is 2.27. The Morgan fingerprint density at radius 1 is 1.36 bits per heavy atom. The molecule has 28 heavy (non-hydrogen) atoms. The van der Waals surface area contributed by atoms with Gasteiger partial charge in [-0.25, -0.2) is 8.42 Å². The van der Waals surface area contributed by atoms with E-state index in [1.165, 1.54) is 4.31 Å². The number of nitrogens with zero attached hydrogens (tertiary/aromatic N) is 2. The van der Waals surface area contributed by atoms with Crippen molar-refractivity contribution in [3.63, 3.8) is 0 Å². The predicted octanol–water partition coefficient (Wildman–Crippen LogP) is 2.12. The molecule has 1 atom stereocenters. The molecule has 8 heteroatoms. The standard InChI is InChI=1S/C20H25N3O4S/c1-15-11-18(7-8-19(15)27-2)28(25,26)23-10-4-6-17(14-23)20(24)22-13-16-5-3-9-21-12-16/h3,5,7-9,11-12,17H,4,6,10,13-14H2,1-2H3,(H,22,24)/t17-/m0/s1. The van der Waals surface area contributed by atoms with E-state index in [0.717, 1.165) is 11.1 Å². The van der Waals surface area contributed by atoms with Crippen LogP contribution in [0.1, 0.15) is 24.0 Å². The summed E-state index contributed by atoms with van der Waals surface area (Å²) in [4.78, 5) is 16.8. The number of sulfonamides is 1. The minimum Gasteiger partial charge on any atom is -0.496 e. The quantitative estimate of drug-likeness (QED) is 0.798. The first-order valence-corrected chi connectivity index (χ1v) is 10.7. The minimum absolute atomic E-state index is 0.130. The van der Waals surface area contributed by atoms with E-state index < -0.39 is 10.0 Å². The van der Waals surface area contributed by atoms with Gasteiger partial charge in [-0.3, -0.25) is 9.78 Å². The number of amides is 1. The van der Waals surface area contributed by atoms with Gasteiger partial charge in [-0.2, -0.15) is 4.31 Å². The number of pyridine rings is 1. The normalized spacial score (nSPS) is 17.9. The van der Waals surface area contributed by atoms with Crippen LogP contribution in [0.25, 0.3) is 0 Å². The number of hydrogen-bond donors (Lipinski definition) is 1. The smallest absolute Gasteiger partial charge is 0.243 e. The summed E-state index contributed by atoms with van der Waals surface area (Å²) >= 11 is 0. The van der Waals surface area contributed by atoms with Crippen molar-refractivity contribution in [2.75, 3.05) is 20.2 Å². The maximum Gasteiger partial charge on any atom is 0.243 e. The summed E-state index contributed by atoms with van der Waals surface area (Å²) in [6.45, 7) is 2.79. The number of carbonyl (C=O) groups excluding carboxylic acids is 1. The van der Waals surface area contributed by atoms with Crippen LogP contribution in [0.5, 0.6) is 5.75 Å². The first-order valence-electron chi connectivity index (χ1n) is 9.23. The molecular formula is C20H25N3O4S. The SMILES string of the molecule is COc1ccc(S(=O)(=O)N2CCC[C@H](C(=O)NCc3cccnc3)C2)cc1C. The molecule has 1 saturated heterocycles. The summed E-state index contributed by atoms with van der Waals surface area (Å²) in [5, 5.41) is 2.89. The number of ether oxygens (including phenoxy) is 1. The van der Waals surface area contributed by atoms with Gasteiger partial charge in [0.25, 0.3) is 0 Å². The van der Waals surface area contributed by atoms with Gasteiger partial charge in [0.1, 0.15) is 5.75 Å². The third kappa shape index (κ3) is 4.51. The molecule has 0 saturated carbocycles. The number of piperidine rings is 1. The van der Waals surface area contributed by atoms with Crippen molar-refractivity contribution in [2.45, 2.75) is 31.2 Å². The van der Waals surface area contributed by atoms with Gasteiger partial charge in [0.15, 0.2) is 0 Å². The van der Waals surface area contributed by atoms with Crippen LogP contribution in [0.4, 0.5) is 0 Å². The van der Waals surface area contributed by atoms with Crippen LogP contribution in [0.3, 0.4) is 0 Å². The van der Waals surface area contributed by atoms with Gasteiger partial charge in [0.2, 0.25) is 15.9 Å². The minimum atomic E-state index is -3.66. The molecule has 1 aromatic heterocycles. The molecule has 1 fully saturated rings. The van der Waals surface area contributed by atoms with E-state index in [0.29, 0.717) is 31.7 Å². The molecule has 1 aromatic carbocycles. The molecule has 0 bridgehead atoms. The number of aromatic nitrogens is 1. The number of aryl methyl sites for hydroxylation is 1. The van der Waals surface area contributed by atoms with E-state index in [2.05, 4.69) is 10.3 Å². The predicted molar refractivity (Wildman–Crippen MR) is 105 cm³/mol. The monoisotopic (exact) mass is 403 g/mol. The van der Waals surface area contributed by atoms with Gasteiger partial charge in [-0.1, -0.05) is 6.07 Å².